The molecule has 0 saturated heterocycles. The maximum absolute atomic E-state index is 5.98. The minimum atomic E-state index is -0.190. The monoisotopic (exact) mass is 291 g/mol. The van der Waals surface area contributed by atoms with Gasteiger partial charge < -0.3 is 15.0 Å². The zero-order valence-corrected chi connectivity index (χ0v) is 12.1. The molecular weight excluding hydrogens is 274 g/mol. The summed E-state index contributed by atoms with van der Waals surface area (Å²) in [6.07, 6.45) is 1.65. The van der Waals surface area contributed by atoms with Crippen LogP contribution in [0, 0.1) is 0 Å². The minimum absolute atomic E-state index is 0.179. The Bertz CT molecular complexity index is 587. The van der Waals surface area contributed by atoms with E-state index in [0.29, 0.717) is 11.7 Å². The summed E-state index contributed by atoms with van der Waals surface area (Å²) in [5.74, 6) is 2.72. The van der Waals surface area contributed by atoms with Crippen LogP contribution in [-0.2, 0) is 0 Å². The summed E-state index contributed by atoms with van der Waals surface area (Å²) in [7, 11) is 0. The fourth-order valence-electron chi connectivity index (χ4n) is 2.11. The van der Waals surface area contributed by atoms with Gasteiger partial charge in [0.05, 0.1) is 6.04 Å². The molecule has 1 aliphatic rings. The van der Waals surface area contributed by atoms with Gasteiger partial charge in [-0.25, -0.2) is 0 Å². The van der Waals surface area contributed by atoms with Crippen LogP contribution in [0.5, 0.6) is 5.75 Å². The van der Waals surface area contributed by atoms with Crippen molar-refractivity contribution in [2.24, 2.45) is 5.73 Å². The Kier molecular flexibility index (Phi) is 3.93. The molecule has 2 atom stereocenters. The van der Waals surface area contributed by atoms with E-state index in [-0.39, 0.29) is 12.1 Å². The van der Waals surface area contributed by atoms with Crippen molar-refractivity contribution in [3.8, 4) is 5.75 Å². The second-order valence-electron chi connectivity index (χ2n) is 4.75. The lowest BCUT2D eigenvalue weighted by molar-refractivity contribution is 0.205. The van der Waals surface area contributed by atoms with Crippen molar-refractivity contribution in [3.05, 3.63) is 36.0 Å². The Balaban J connectivity index is 1.75. The van der Waals surface area contributed by atoms with E-state index >= 15 is 0 Å². The average molecular weight is 291 g/mol. The molecule has 1 aliphatic heterocycles. The molecule has 3 rings (SSSR count). The van der Waals surface area contributed by atoms with Crippen molar-refractivity contribution in [2.75, 3.05) is 5.75 Å². The van der Waals surface area contributed by atoms with Crippen molar-refractivity contribution >= 4 is 11.8 Å². The third-order valence-corrected chi connectivity index (χ3v) is 4.29. The van der Waals surface area contributed by atoms with Gasteiger partial charge in [0.2, 0.25) is 11.7 Å². The van der Waals surface area contributed by atoms with E-state index in [1.165, 1.54) is 0 Å². The van der Waals surface area contributed by atoms with Crippen molar-refractivity contribution in [3.63, 3.8) is 0 Å². The van der Waals surface area contributed by atoms with E-state index in [1.807, 2.05) is 18.2 Å². The number of benzene rings is 1. The molecule has 20 heavy (non-hydrogen) atoms. The van der Waals surface area contributed by atoms with Gasteiger partial charge in [-0.2, -0.15) is 4.98 Å². The van der Waals surface area contributed by atoms with Gasteiger partial charge in [-0.1, -0.05) is 30.6 Å². The first-order valence-electron chi connectivity index (χ1n) is 6.75. The van der Waals surface area contributed by atoms with E-state index in [4.69, 9.17) is 15.0 Å². The molecule has 1 aromatic heterocycles. The van der Waals surface area contributed by atoms with Crippen molar-refractivity contribution in [2.45, 2.75) is 36.8 Å². The molecule has 0 bridgehead atoms. The lowest BCUT2D eigenvalue weighted by Gasteiger charge is -2.22. The second-order valence-corrected chi connectivity index (χ2v) is 5.81. The smallest absolute Gasteiger partial charge is 0.243 e. The Hall–Kier alpha value is -1.53. The molecule has 0 aliphatic carbocycles. The normalized spacial score (nSPS) is 19.2. The molecule has 0 radical (unpaired) electrons. The van der Waals surface area contributed by atoms with Crippen LogP contribution in [0.1, 0.15) is 43.6 Å². The topological polar surface area (TPSA) is 74.2 Å². The zero-order chi connectivity index (χ0) is 13.9. The molecule has 106 valence electrons. The Morgan fingerprint density at radius 3 is 3.15 bits per heavy atom. The predicted molar refractivity (Wildman–Crippen MR) is 76.7 cm³/mol. The number of thioether (sulfide) groups is 1. The quantitative estimate of drug-likeness (QED) is 0.933. The number of aromatic nitrogens is 2. The summed E-state index contributed by atoms with van der Waals surface area (Å²) in [6, 6.07) is 7.78. The first kappa shape index (κ1) is 13.5. The van der Waals surface area contributed by atoms with E-state index in [2.05, 4.69) is 23.1 Å². The van der Waals surface area contributed by atoms with Gasteiger partial charge in [-0.15, -0.1) is 11.8 Å². The van der Waals surface area contributed by atoms with E-state index in [1.54, 1.807) is 11.8 Å². The number of nitrogens with two attached hydrogens (primary N) is 1. The largest absolute Gasteiger partial charge is 0.480 e. The Morgan fingerprint density at radius 1 is 1.45 bits per heavy atom. The van der Waals surface area contributed by atoms with Crippen LogP contribution in [0.15, 0.2) is 33.7 Å². The first-order chi connectivity index (χ1) is 9.78. The highest BCUT2D eigenvalue weighted by Crippen LogP contribution is 2.39. The van der Waals surface area contributed by atoms with Gasteiger partial charge in [0.15, 0.2) is 6.10 Å². The number of nitrogens with zero attached hydrogens (tertiary/aromatic N) is 2. The summed E-state index contributed by atoms with van der Waals surface area (Å²) in [5, 5.41) is 4.01. The van der Waals surface area contributed by atoms with Gasteiger partial charge in [-0.3, -0.25) is 0 Å². The van der Waals surface area contributed by atoms with E-state index in [9.17, 15) is 0 Å². The summed E-state index contributed by atoms with van der Waals surface area (Å²) < 4.78 is 11.2. The summed E-state index contributed by atoms with van der Waals surface area (Å²) in [5.41, 5.74) is 5.98. The van der Waals surface area contributed by atoms with Gasteiger partial charge >= 0.3 is 0 Å². The van der Waals surface area contributed by atoms with Crippen LogP contribution in [0.2, 0.25) is 0 Å². The molecule has 1 unspecified atom stereocenters. The highest BCUT2D eigenvalue weighted by atomic mass is 32.2. The molecular formula is C14H17N3O2S. The van der Waals surface area contributed by atoms with Gasteiger partial charge in [0.1, 0.15) is 5.75 Å². The van der Waals surface area contributed by atoms with Crippen LogP contribution in [0.3, 0.4) is 0 Å². The van der Waals surface area contributed by atoms with E-state index < -0.39 is 0 Å². The van der Waals surface area contributed by atoms with Crippen LogP contribution >= 0.6 is 11.8 Å². The molecule has 2 aromatic rings. The molecule has 6 heteroatoms. The van der Waals surface area contributed by atoms with Crippen molar-refractivity contribution in [1.29, 1.82) is 0 Å². The highest BCUT2D eigenvalue weighted by molar-refractivity contribution is 7.99. The molecule has 2 heterocycles. The maximum Gasteiger partial charge on any atom is 0.243 e. The number of hydrogen-bond donors (Lipinski definition) is 1. The number of ether oxygens (including phenoxy) is 1. The first-order valence-corrected chi connectivity index (χ1v) is 7.74. The summed E-state index contributed by atoms with van der Waals surface area (Å²) >= 11 is 1.74. The Morgan fingerprint density at radius 2 is 2.30 bits per heavy atom. The molecule has 5 nitrogen and oxygen atoms in total. The highest BCUT2D eigenvalue weighted by Gasteiger charge is 2.27. The predicted octanol–water partition coefficient (Wildman–Crippen LogP) is 3.10. The number of rotatable bonds is 4. The average Bonchev–Trinajstić information content (AvgIpc) is 2.97. The summed E-state index contributed by atoms with van der Waals surface area (Å²) in [4.78, 5) is 5.53. The standard InChI is InChI=1S/C14H17N3O2S/c1-2-5-9(15)14-16-13(17-19-14)11-8-20-12-7-4-3-6-10(12)18-11/h3-4,6-7,9,11H,2,5,8,15H2,1H3/t9-,11?/m1/s1. The zero-order valence-electron chi connectivity index (χ0n) is 11.3. The lowest BCUT2D eigenvalue weighted by atomic mass is 10.2. The molecule has 2 N–H and O–H groups in total. The summed E-state index contributed by atoms with van der Waals surface area (Å²) in [6.45, 7) is 2.08. The Labute approximate surface area is 121 Å². The third kappa shape index (κ3) is 2.66. The van der Waals surface area contributed by atoms with E-state index in [0.717, 1.165) is 29.2 Å². The van der Waals surface area contributed by atoms with Crippen LogP contribution in [0.25, 0.3) is 0 Å². The molecule has 1 aromatic carbocycles. The van der Waals surface area contributed by atoms with Crippen molar-refractivity contribution in [1.82, 2.24) is 10.1 Å². The molecule has 0 saturated carbocycles. The minimum Gasteiger partial charge on any atom is -0.480 e. The number of hydrogen-bond acceptors (Lipinski definition) is 6. The maximum atomic E-state index is 5.98. The third-order valence-electron chi connectivity index (χ3n) is 3.17. The van der Waals surface area contributed by atoms with Crippen LogP contribution < -0.4 is 10.5 Å². The fraction of sp³-hybridized carbons (Fsp3) is 0.429. The van der Waals surface area contributed by atoms with Crippen molar-refractivity contribution < 1.29 is 9.26 Å². The van der Waals surface area contributed by atoms with Gasteiger partial charge in [-0.05, 0) is 18.6 Å². The molecule has 0 amide bonds. The number of para-hydroxylation sites is 1. The SMILES string of the molecule is CCC[C@@H](N)c1nc(C2CSc3ccccc3O2)no1. The van der Waals surface area contributed by atoms with Gasteiger partial charge in [0, 0.05) is 10.6 Å². The van der Waals surface area contributed by atoms with Crippen LogP contribution in [-0.4, -0.2) is 15.9 Å². The molecule has 0 fully saturated rings. The fourth-order valence-corrected chi connectivity index (χ4v) is 3.09. The van der Waals surface area contributed by atoms with Crippen LogP contribution in [0.4, 0.5) is 0 Å². The number of fused-ring (bicyclic) bond motifs is 1. The van der Waals surface area contributed by atoms with Gasteiger partial charge in [0.25, 0.3) is 0 Å². The second kappa shape index (κ2) is 5.85. The molecule has 0 spiro atoms. The lowest BCUT2D eigenvalue weighted by Crippen LogP contribution is -2.16.